The summed E-state index contributed by atoms with van der Waals surface area (Å²) in [5.41, 5.74) is 0. The Labute approximate surface area is 108 Å². The van der Waals surface area contributed by atoms with E-state index in [1.54, 1.807) is 6.20 Å². The molecule has 0 saturated carbocycles. The van der Waals surface area contributed by atoms with Crippen LogP contribution in [0.15, 0.2) is 18.3 Å². The Kier molecular flexibility index (Phi) is 5.97. The first kappa shape index (κ1) is 14.3. The van der Waals surface area contributed by atoms with Crippen molar-refractivity contribution in [1.82, 2.24) is 10.3 Å². The lowest BCUT2D eigenvalue weighted by molar-refractivity contribution is -0.119. The number of aromatic nitrogens is 1. The largest absolute Gasteiger partial charge is 0.490 e. The third-order valence-electron chi connectivity index (χ3n) is 2.10. The maximum Gasteiger partial charge on any atom is 0.239 e. The van der Waals surface area contributed by atoms with Gasteiger partial charge < -0.3 is 15.4 Å². The van der Waals surface area contributed by atoms with E-state index in [4.69, 9.17) is 4.74 Å². The molecule has 0 unspecified atom stereocenters. The summed E-state index contributed by atoms with van der Waals surface area (Å²) in [6, 6.07) is 3.79. The molecule has 5 nitrogen and oxygen atoms in total. The Morgan fingerprint density at radius 1 is 1.50 bits per heavy atom. The zero-order chi connectivity index (χ0) is 13.4. The molecule has 1 aromatic heterocycles. The van der Waals surface area contributed by atoms with Gasteiger partial charge in [0.2, 0.25) is 5.91 Å². The molecular formula is C13H21N3O2. The summed E-state index contributed by atoms with van der Waals surface area (Å²) < 4.78 is 5.54. The van der Waals surface area contributed by atoms with Gasteiger partial charge in [0.25, 0.3) is 0 Å². The molecule has 5 heteroatoms. The van der Waals surface area contributed by atoms with Crippen LogP contribution in [0.2, 0.25) is 0 Å². The molecule has 1 amide bonds. The summed E-state index contributed by atoms with van der Waals surface area (Å²) in [4.78, 5) is 15.7. The molecule has 1 aromatic rings. The van der Waals surface area contributed by atoms with Gasteiger partial charge in [-0.2, -0.15) is 0 Å². The van der Waals surface area contributed by atoms with Gasteiger partial charge in [0.15, 0.2) is 11.6 Å². The molecule has 0 aliphatic heterocycles. The second kappa shape index (κ2) is 7.53. The normalized spacial score (nSPS) is 10.2. The Balaban J connectivity index is 2.53. The molecule has 0 fully saturated rings. The number of hydrogen-bond donors (Lipinski definition) is 2. The minimum atomic E-state index is -0.0582. The first-order valence-electron chi connectivity index (χ1n) is 6.24. The zero-order valence-corrected chi connectivity index (χ0v) is 11.2. The van der Waals surface area contributed by atoms with Crippen LogP contribution in [0.4, 0.5) is 5.82 Å². The minimum Gasteiger partial charge on any atom is -0.490 e. The van der Waals surface area contributed by atoms with E-state index in [0.29, 0.717) is 18.2 Å². The van der Waals surface area contributed by atoms with Gasteiger partial charge in [-0.25, -0.2) is 4.98 Å². The second-order valence-electron chi connectivity index (χ2n) is 4.27. The predicted octanol–water partition coefficient (Wildman–Crippen LogP) is 1.81. The lowest BCUT2D eigenvalue weighted by Crippen LogP contribution is -2.35. The van der Waals surface area contributed by atoms with Gasteiger partial charge in [0, 0.05) is 12.2 Å². The Morgan fingerprint density at radius 3 is 2.94 bits per heavy atom. The van der Waals surface area contributed by atoms with Crippen molar-refractivity contribution in [1.29, 1.82) is 0 Å². The van der Waals surface area contributed by atoms with E-state index in [9.17, 15) is 4.79 Å². The average molecular weight is 251 g/mol. The Bertz CT molecular complexity index is 380. The van der Waals surface area contributed by atoms with Crippen molar-refractivity contribution in [3.05, 3.63) is 18.3 Å². The number of pyridine rings is 1. The Morgan fingerprint density at radius 2 is 2.28 bits per heavy atom. The fourth-order valence-corrected chi connectivity index (χ4v) is 1.39. The molecule has 0 aliphatic carbocycles. The smallest absolute Gasteiger partial charge is 0.239 e. The average Bonchev–Trinajstić information content (AvgIpc) is 2.34. The molecule has 100 valence electrons. The SMILES string of the molecule is CCCOc1cccnc1NCC(=O)NC(C)C. The molecule has 0 aromatic carbocycles. The number of nitrogens with one attached hydrogen (secondary N) is 2. The molecule has 0 saturated heterocycles. The van der Waals surface area contributed by atoms with E-state index < -0.39 is 0 Å². The fourth-order valence-electron chi connectivity index (χ4n) is 1.39. The fraction of sp³-hybridized carbons (Fsp3) is 0.538. The molecule has 1 rings (SSSR count). The maximum absolute atomic E-state index is 11.5. The van der Waals surface area contributed by atoms with Crippen LogP contribution in [0.25, 0.3) is 0 Å². The maximum atomic E-state index is 11.5. The molecule has 0 aliphatic rings. The monoisotopic (exact) mass is 251 g/mol. The Hall–Kier alpha value is -1.78. The van der Waals surface area contributed by atoms with Crippen LogP contribution in [0.1, 0.15) is 27.2 Å². The summed E-state index contributed by atoms with van der Waals surface area (Å²) in [6.07, 6.45) is 2.60. The molecule has 0 spiro atoms. The van der Waals surface area contributed by atoms with Crippen molar-refractivity contribution in [2.24, 2.45) is 0 Å². The molecular weight excluding hydrogens is 230 g/mol. The van der Waals surface area contributed by atoms with Gasteiger partial charge >= 0.3 is 0 Å². The zero-order valence-electron chi connectivity index (χ0n) is 11.2. The standard InChI is InChI=1S/C13H21N3O2/c1-4-8-18-11-6-5-7-14-13(11)15-9-12(17)16-10(2)3/h5-7,10H,4,8-9H2,1-3H3,(H,14,15)(H,16,17). The summed E-state index contributed by atoms with van der Waals surface area (Å²) >= 11 is 0. The summed E-state index contributed by atoms with van der Waals surface area (Å²) in [7, 11) is 0. The highest BCUT2D eigenvalue weighted by Gasteiger charge is 2.07. The number of rotatable bonds is 7. The highest BCUT2D eigenvalue weighted by molar-refractivity contribution is 5.81. The summed E-state index contributed by atoms with van der Waals surface area (Å²) in [6.45, 7) is 6.72. The second-order valence-corrected chi connectivity index (χ2v) is 4.27. The minimum absolute atomic E-state index is 0.0582. The topological polar surface area (TPSA) is 63.2 Å². The lowest BCUT2D eigenvalue weighted by atomic mass is 10.3. The van der Waals surface area contributed by atoms with E-state index in [2.05, 4.69) is 15.6 Å². The van der Waals surface area contributed by atoms with Gasteiger partial charge in [-0.3, -0.25) is 4.79 Å². The van der Waals surface area contributed by atoms with Crippen molar-refractivity contribution >= 4 is 11.7 Å². The van der Waals surface area contributed by atoms with Crippen LogP contribution in [0, 0.1) is 0 Å². The lowest BCUT2D eigenvalue weighted by Gasteiger charge is -2.12. The van der Waals surface area contributed by atoms with Crippen LogP contribution in [-0.2, 0) is 4.79 Å². The first-order valence-corrected chi connectivity index (χ1v) is 6.24. The number of anilines is 1. The molecule has 18 heavy (non-hydrogen) atoms. The van der Waals surface area contributed by atoms with E-state index in [0.717, 1.165) is 6.42 Å². The van der Waals surface area contributed by atoms with Gasteiger partial charge in [-0.15, -0.1) is 0 Å². The van der Waals surface area contributed by atoms with Crippen LogP contribution >= 0.6 is 0 Å². The molecule has 0 radical (unpaired) electrons. The molecule has 0 atom stereocenters. The van der Waals surface area contributed by atoms with E-state index in [1.807, 2.05) is 32.9 Å². The number of carbonyl (C=O) groups excluding carboxylic acids is 1. The van der Waals surface area contributed by atoms with Crippen molar-refractivity contribution in [2.75, 3.05) is 18.5 Å². The number of carbonyl (C=O) groups is 1. The van der Waals surface area contributed by atoms with Crippen LogP contribution in [0.5, 0.6) is 5.75 Å². The molecule has 2 N–H and O–H groups in total. The van der Waals surface area contributed by atoms with Crippen molar-refractivity contribution < 1.29 is 9.53 Å². The third kappa shape index (κ3) is 5.03. The number of amides is 1. The number of ether oxygens (including phenoxy) is 1. The highest BCUT2D eigenvalue weighted by Crippen LogP contribution is 2.20. The van der Waals surface area contributed by atoms with E-state index in [1.165, 1.54) is 0 Å². The highest BCUT2D eigenvalue weighted by atomic mass is 16.5. The van der Waals surface area contributed by atoms with Crippen LogP contribution in [-0.4, -0.2) is 30.1 Å². The van der Waals surface area contributed by atoms with Crippen LogP contribution in [0.3, 0.4) is 0 Å². The molecule has 1 heterocycles. The first-order chi connectivity index (χ1) is 8.63. The van der Waals surface area contributed by atoms with Gasteiger partial charge in [-0.1, -0.05) is 6.92 Å². The van der Waals surface area contributed by atoms with Crippen molar-refractivity contribution in [3.63, 3.8) is 0 Å². The molecule has 0 bridgehead atoms. The van der Waals surface area contributed by atoms with Gasteiger partial charge in [0.1, 0.15) is 0 Å². The number of hydrogen-bond acceptors (Lipinski definition) is 4. The van der Waals surface area contributed by atoms with E-state index in [-0.39, 0.29) is 18.5 Å². The third-order valence-corrected chi connectivity index (χ3v) is 2.10. The van der Waals surface area contributed by atoms with Gasteiger partial charge in [0.05, 0.1) is 13.2 Å². The van der Waals surface area contributed by atoms with Crippen LogP contribution < -0.4 is 15.4 Å². The number of nitrogens with zero attached hydrogens (tertiary/aromatic N) is 1. The van der Waals surface area contributed by atoms with Crippen molar-refractivity contribution in [2.45, 2.75) is 33.2 Å². The van der Waals surface area contributed by atoms with Gasteiger partial charge in [-0.05, 0) is 32.4 Å². The summed E-state index contributed by atoms with van der Waals surface area (Å²) in [5.74, 6) is 1.22. The predicted molar refractivity (Wildman–Crippen MR) is 71.8 cm³/mol. The summed E-state index contributed by atoms with van der Waals surface area (Å²) in [5, 5.41) is 5.78. The quantitative estimate of drug-likeness (QED) is 0.775. The van der Waals surface area contributed by atoms with Crippen molar-refractivity contribution in [3.8, 4) is 5.75 Å². The van der Waals surface area contributed by atoms with E-state index >= 15 is 0 Å².